The Morgan fingerprint density at radius 3 is 2.60 bits per heavy atom. The molecule has 0 spiro atoms. The summed E-state index contributed by atoms with van der Waals surface area (Å²) in [6.45, 7) is 0.645. The number of methoxy groups -OCH3 is 2. The first-order valence-electron chi connectivity index (χ1n) is 7.70. The lowest BCUT2D eigenvalue weighted by Gasteiger charge is -2.11. The maximum atomic E-state index is 6.03. The second kappa shape index (κ2) is 8.38. The van der Waals surface area contributed by atoms with Gasteiger partial charge in [-0.1, -0.05) is 35.5 Å². The van der Waals surface area contributed by atoms with E-state index in [9.17, 15) is 0 Å². The van der Waals surface area contributed by atoms with Crippen LogP contribution in [-0.4, -0.2) is 41.3 Å². The topological polar surface area (TPSA) is 49.2 Å². The van der Waals surface area contributed by atoms with E-state index >= 15 is 0 Å². The summed E-state index contributed by atoms with van der Waals surface area (Å²) in [6.07, 6.45) is 0. The van der Waals surface area contributed by atoms with Crippen LogP contribution in [0.3, 0.4) is 0 Å². The third kappa shape index (κ3) is 4.15. The van der Waals surface area contributed by atoms with Crippen LogP contribution in [-0.2, 0) is 4.74 Å². The molecule has 0 saturated heterocycles. The highest BCUT2D eigenvalue weighted by Gasteiger charge is 2.16. The van der Waals surface area contributed by atoms with E-state index in [2.05, 4.69) is 10.2 Å². The minimum atomic E-state index is 0.645. The first-order valence-corrected chi connectivity index (χ1v) is 9.07. The molecule has 0 radical (unpaired) electrons. The van der Waals surface area contributed by atoms with Gasteiger partial charge in [-0.2, -0.15) is 0 Å². The van der Waals surface area contributed by atoms with Gasteiger partial charge in [0.05, 0.1) is 13.7 Å². The molecule has 7 heteroatoms. The van der Waals surface area contributed by atoms with Crippen molar-refractivity contribution in [2.24, 2.45) is 0 Å². The molecule has 25 heavy (non-hydrogen) atoms. The number of thioether (sulfide) groups is 1. The standard InChI is InChI=1S/C18H18ClN3O2S/c1-23-10-11-25-18-21-20-17(13-4-3-5-16(12-13)24-2)22(18)15-8-6-14(19)7-9-15/h3-9,12H,10-11H2,1-2H3. The van der Waals surface area contributed by atoms with E-state index in [1.807, 2.05) is 53.1 Å². The van der Waals surface area contributed by atoms with E-state index in [-0.39, 0.29) is 0 Å². The number of halogens is 1. The average molecular weight is 376 g/mol. The Bertz CT molecular complexity index is 837. The van der Waals surface area contributed by atoms with Gasteiger partial charge in [0.1, 0.15) is 5.75 Å². The quantitative estimate of drug-likeness (QED) is 0.454. The molecule has 0 saturated carbocycles. The second-order valence-electron chi connectivity index (χ2n) is 5.19. The predicted octanol–water partition coefficient (Wildman–Crippen LogP) is 4.33. The van der Waals surface area contributed by atoms with Crippen molar-refractivity contribution in [1.82, 2.24) is 14.8 Å². The minimum absolute atomic E-state index is 0.645. The number of hydrogen-bond donors (Lipinski definition) is 0. The van der Waals surface area contributed by atoms with Crippen molar-refractivity contribution in [2.75, 3.05) is 26.6 Å². The van der Waals surface area contributed by atoms with Crippen molar-refractivity contribution in [3.63, 3.8) is 0 Å². The van der Waals surface area contributed by atoms with Crippen molar-refractivity contribution in [3.8, 4) is 22.8 Å². The van der Waals surface area contributed by atoms with Crippen molar-refractivity contribution in [3.05, 3.63) is 53.6 Å². The summed E-state index contributed by atoms with van der Waals surface area (Å²) < 4.78 is 12.5. The lowest BCUT2D eigenvalue weighted by atomic mass is 10.2. The molecule has 0 unspecified atom stereocenters. The van der Waals surface area contributed by atoms with Gasteiger partial charge >= 0.3 is 0 Å². The Balaban J connectivity index is 2.06. The molecule has 0 atom stereocenters. The van der Waals surface area contributed by atoms with Crippen LogP contribution in [0.25, 0.3) is 17.1 Å². The highest BCUT2D eigenvalue weighted by Crippen LogP contribution is 2.30. The van der Waals surface area contributed by atoms with E-state index in [1.54, 1.807) is 26.0 Å². The summed E-state index contributed by atoms with van der Waals surface area (Å²) in [4.78, 5) is 0. The van der Waals surface area contributed by atoms with Gasteiger partial charge in [-0.25, -0.2) is 0 Å². The number of ether oxygens (including phenoxy) is 2. The summed E-state index contributed by atoms with van der Waals surface area (Å²) in [6, 6.07) is 15.4. The molecule has 0 fully saturated rings. The van der Waals surface area contributed by atoms with Crippen molar-refractivity contribution in [1.29, 1.82) is 0 Å². The molecule has 3 rings (SSSR count). The highest BCUT2D eigenvalue weighted by atomic mass is 35.5. The van der Waals surface area contributed by atoms with Crippen LogP contribution in [0.2, 0.25) is 5.02 Å². The molecule has 2 aromatic carbocycles. The molecule has 0 amide bonds. The summed E-state index contributed by atoms with van der Waals surface area (Å²) in [5.41, 5.74) is 1.88. The Hall–Kier alpha value is -2.02. The van der Waals surface area contributed by atoms with Crippen LogP contribution in [0.4, 0.5) is 0 Å². The Labute approximate surface area is 155 Å². The van der Waals surface area contributed by atoms with Crippen LogP contribution in [0.1, 0.15) is 0 Å². The van der Waals surface area contributed by atoms with E-state index in [0.717, 1.165) is 33.7 Å². The molecule has 1 aromatic heterocycles. The van der Waals surface area contributed by atoms with Crippen molar-refractivity contribution < 1.29 is 9.47 Å². The first kappa shape index (κ1) is 17.8. The van der Waals surface area contributed by atoms with Gasteiger partial charge in [0.25, 0.3) is 0 Å². The lowest BCUT2D eigenvalue weighted by molar-refractivity contribution is 0.218. The SMILES string of the molecule is COCCSc1nnc(-c2cccc(OC)c2)n1-c1ccc(Cl)cc1. The minimum Gasteiger partial charge on any atom is -0.497 e. The zero-order valence-corrected chi connectivity index (χ0v) is 15.5. The van der Waals surface area contributed by atoms with E-state index in [0.29, 0.717) is 11.6 Å². The third-order valence-electron chi connectivity index (χ3n) is 3.56. The Kier molecular flexibility index (Phi) is 5.96. The van der Waals surface area contributed by atoms with Gasteiger partial charge in [0.15, 0.2) is 11.0 Å². The van der Waals surface area contributed by atoms with Crippen LogP contribution in [0.5, 0.6) is 5.75 Å². The molecule has 0 aliphatic heterocycles. The van der Waals surface area contributed by atoms with Crippen LogP contribution >= 0.6 is 23.4 Å². The van der Waals surface area contributed by atoms with E-state index < -0.39 is 0 Å². The zero-order chi connectivity index (χ0) is 17.6. The zero-order valence-electron chi connectivity index (χ0n) is 14.0. The maximum absolute atomic E-state index is 6.03. The van der Waals surface area contributed by atoms with Crippen LogP contribution in [0.15, 0.2) is 53.7 Å². The Morgan fingerprint density at radius 2 is 1.88 bits per heavy atom. The van der Waals surface area contributed by atoms with E-state index in [4.69, 9.17) is 21.1 Å². The summed E-state index contributed by atoms with van der Waals surface area (Å²) in [5.74, 6) is 2.32. The van der Waals surface area contributed by atoms with Gasteiger partial charge in [-0.3, -0.25) is 4.57 Å². The molecule has 130 valence electrons. The van der Waals surface area contributed by atoms with Crippen molar-refractivity contribution in [2.45, 2.75) is 5.16 Å². The molecule has 0 bridgehead atoms. The maximum Gasteiger partial charge on any atom is 0.196 e. The summed E-state index contributed by atoms with van der Waals surface area (Å²) >= 11 is 7.63. The van der Waals surface area contributed by atoms with E-state index in [1.165, 1.54) is 0 Å². The second-order valence-corrected chi connectivity index (χ2v) is 6.69. The molecular weight excluding hydrogens is 358 g/mol. The number of rotatable bonds is 7. The first-order chi connectivity index (χ1) is 12.2. The number of benzene rings is 2. The highest BCUT2D eigenvalue weighted by molar-refractivity contribution is 7.99. The molecule has 1 heterocycles. The molecule has 0 N–H and O–H groups in total. The fourth-order valence-electron chi connectivity index (χ4n) is 2.35. The number of aromatic nitrogens is 3. The number of nitrogens with zero attached hydrogens (tertiary/aromatic N) is 3. The lowest BCUT2D eigenvalue weighted by Crippen LogP contribution is -2.01. The normalized spacial score (nSPS) is 10.8. The van der Waals surface area contributed by atoms with Gasteiger partial charge in [0, 0.05) is 29.1 Å². The summed E-state index contributed by atoms with van der Waals surface area (Å²) in [7, 11) is 3.33. The van der Waals surface area contributed by atoms with Gasteiger partial charge in [-0.15, -0.1) is 10.2 Å². The average Bonchev–Trinajstić information content (AvgIpc) is 3.06. The van der Waals surface area contributed by atoms with Gasteiger partial charge in [-0.05, 0) is 36.4 Å². The summed E-state index contributed by atoms with van der Waals surface area (Å²) in [5, 5.41) is 10.3. The van der Waals surface area contributed by atoms with Crippen LogP contribution < -0.4 is 4.74 Å². The monoisotopic (exact) mass is 375 g/mol. The molecule has 5 nitrogen and oxygen atoms in total. The molecule has 0 aliphatic rings. The van der Waals surface area contributed by atoms with Crippen molar-refractivity contribution >= 4 is 23.4 Å². The number of hydrogen-bond acceptors (Lipinski definition) is 5. The fourth-order valence-corrected chi connectivity index (χ4v) is 3.33. The third-order valence-corrected chi connectivity index (χ3v) is 4.71. The van der Waals surface area contributed by atoms with Crippen LogP contribution in [0, 0.1) is 0 Å². The molecule has 0 aliphatic carbocycles. The van der Waals surface area contributed by atoms with Gasteiger partial charge in [0.2, 0.25) is 0 Å². The molecule has 3 aromatic rings. The largest absolute Gasteiger partial charge is 0.497 e. The Morgan fingerprint density at radius 1 is 1.08 bits per heavy atom. The fraction of sp³-hybridized carbons (Fsp3) is 0.222. The smallest absolute Gasteiger partial charge is 0.196 e. The molecular formula is C18H18ClN3O2S. The predicted molar refractivity (Wildman–Crippen MR) is 101 cm³/mol. The van der Waals surface area contributed by atoms with Gasteiger partial charge < -0.3 is 9.47 Å².